The van der Waals surface area contributed by atoms with Gasteiger partial charge in [-0.15, -0.1) is 0 Å². The molecule has 0 aromatic rings. The van der Waals surface area contributed by atoms with E-state index >= 15 is 0 Å². The van der Waals surface area contributed by atoms with Crippen molar-refractivity contribution in [1.82, 2.24) is 20.9 Å². The second-order valence-corrected chi connectivity index (χ2v) is 11.6. The van der Waals surface area contributed by atoms with Crippen LogP contribution in [0.25, 0.3) is 0 Å². The van der Waals surface area contributed by atoms with Crippen molar-refractivity contribution in [2.75, 3.05) is 13.2 Å². The third kappa shape index (κ3) is 11.7. The molecule has 0 aliphatic carbocycles. The Morgan fingerprint density at radius 2 is 1.50 bits per heavy atom. The van der Waals surface area contributed by atoms with Crippen LogP contribution in [0, 0.1) is 5.92 Å². The standard InChI is InChI=1S/C26H45BN4O7/c1-16(2)22(24(37)28-17(3)23(27)36)29-18(32)10-12-26(6,7)38-15-13-25(4,5)30-19(33)11-14-31-20(34)8-9-21(31)35/h16-17,22H,8-15,27H2,1-7H3,(H,28,37)(H,29,32)(H,30,33)/t17-,22?/m0/s1. The summed E-state index contributed by atoms with van der Waals surface area (Å²) in [6.45, 7) is 13.1. The zero-order chi connectivity index (χ0) is 29.3. The van der Waals surface area contributed by atoms with E-state index in [0.717, 1.165) is 4.90 Å². The van der Waals surface area contributed by atoms with Gasteiger partial charge in [0, 0.05) is 44.4 Å². The number of nitrogens with zero attached hydrogens (tertiary/aromatic N) is 1. The Balaban J connectivity index is 2.45. The van der Waals surface area contributed by atoms with Crippen LogP contribution in [0.3, 0.4) is 0 Å². The predicted molar refractivity (Wildman–Crippen MR) is 145 cm³/mol. The summed E-state index contributed by atoms with van der Waals surface area (Å²) in [7, 11) is 1.40. The van der Waals surface area contributed by atoms with Gasteiger partial charge in [0.1, 0.15) is 11.7 Å². The van der Waals surface area contributed by atoms with Crippen molar-refractivity contribution in [3.8, 4) is 0 Å². The Hall–Kier alpha value is -2.76. The molecule has 12 heteroatoms. The molecule has 214 valence electrons. The van der Waals surface area contributed by atoms with Crippen molar-refractivity contribution in [2.45, 2.75) is 110 Å². The van der Waals surface area contributed by atoms with Crippen LogP contribution in [0.1, 0.15) is 87.0 Å². The topological polar surface area (TPSA) is 151 Å². The molecule has 1 aliphatic rings. The van der Waals surface area contributed by atoms with Crippen LogP contribution in [-0.2, 0) is 33.5 Å². The van der Waals surface area contributed by atoms with E-state index < -0.39 is 29.1 Å². The molecule has 1 fully saturated rings. The lowest BCUT2D eigenvalue weighted by Crippen LogP contribution is -2.53. The highest BCUT2D eigenvalue weighted by Gasteiger charge is 2.30. The highest BCUT2D eigenvalue weighted by Crippen LogP contribution is 2.20. The maximum absolute atomic E-state index is 12.6. The molecule has 5 amide bonds. The predicted octanol–water partition coefficient (Wildman–Crippen LogP) is 0.191. The van der Waals surface area contributed by atoms with Crippen molar-refractivity contribution < 1.29 is 33.5 Å². The van der Waals surface area contributed by atoms with Crippen molar-refractivity contribution in [3.05, 3.63) is 0 Å². The van der Waals surface area contributed by atoms with E-state index in [1.54, 1.807) is 6.92 Å². The first-order valence-electron chi connectivity index (χ1n) is 13.3. The second kappa shape index (κ2) is 14.4. The molecular weight excluding hydrogens is 491 g/mol. The van der Waals surface area contributed by atoms with Gasteiger partial charge in [0.25, 0.3) is 0 Å². The summed E-state index contributed by atoms with van der Waals surface area (Å²) in [5, 5.41) is 8.31. The highest BCUT2D eigenvalue weighted by molar-refractivity contribution is 6.59. The Morgan fingerprint density at radius 3 is 2.03 bits per heavy atom. The molecule has 0 bridgehead atoms. The minimum absolute atomic E-state index is 0.0471. The fraction of sp³-hybridized carbons (Fsp3) is 0.769. The minimum Gasteiger partial charge on any atom is -0.375 e. The van der Waals surface area contributed by atoms with E-state index in [1.165, 1.54) is 7.85 Å². The van der Waals surface area contributed by atoms with Gasteiger partial charge in [-0.3, -0.25) is 28.9 Å². The smallest absolute Gasteiger partial charge is 0.243 e. The molecule has 1 saturated heterocycles. The van der Waals surface area contributed by atoms with Crippen molar-refractivity contribution in [3.63, 3.8) is 0 Å². The lowest BCUT2D eigenvalue weighted by Gasteiger charge is -2.30. The maximum atomic E-state index is 12.6. The van der Waals surface area contributed by atoms with Crippen LogP contribution in [0.4, 0.5) is 0 Å². The number of carbonyl (C=O) groups is 6. The molecule has 0 aromatic carbocycles. The number of amides is 5. The van der Waals surface area contributed by atoms with Crippen LogP contribution in [0.2, 0.25) is 0 Å². The third-order valence-corrected chi connectivity index (χ3v) is 6.60. The van der Waals surface area contributed by atoms with Gasteiger partial charge in [-0.1, -0.05) is 13.8 Å². The Kier molecular flexibility index (Phi) is 12.6. The molecule has 0 aromatic heterocycles. The van der Waals surface area contributed by atoms with Crippen LogP contribution < -0.4 is 16.0 Å². The lowest BCUT2D eigenvalue weighted by molar-refractivity contribution is -0.138. The summed E-state index contributed by atoms with van der Waals surface area (Å²) in [5.41, 5.74) is -1.35. The number of hydrogen-bond acceptors (Lipinski definition) is 7. The second-order valence-electron chi connectivity index (χ2n) is 11.6. The summed E-state index contributed by atoms with van der Waals surface area (Å²) in [5.74, 6) is -1.56. The normalized spacial score (nSPS) is 15.8. The number of hydrogen-bond donors (Lipinski definition) is 3. The fourth-order valence-corrected chi connectivity index (χ4v) is 3.84. The molecule has 38 heavy (non-hydrogen) atoms. The van der Waals surface area contributed by atoms with Gasteiger partial charge in [-0.05, 0) is 53.4 Å². The Morgan fingerprint density at radius 1 is 0.921 bits per heavy atom. The average Bonchev–Trinajstić information content (AvgIpc) is 3.10. The van der Waals surface area contributed by atoms with Gasteiger partial charge in [-0.25, -0.2) is 0 Å². The zero-order valence-electron chi connectivity index (χ0n) is 24.2. The molecular formula is C26H45BN4O7. The number of ether oxygens (including phenoxy) is 1. The fourth-order valence-electron chi connectivity index (χ4n) is 3.84. The first kappa shape index (κ1) is 33.3. The van der Waals surface area contributed by atoms with E-state index in [4.69, 9.17) is 4.74 Å². The number of rotatable bonds is 16. The highest BCUT2D eigenvalue weighted by atomic mass is 16.5. The Labute approximate surface area is 227 Å². The number of nitrogens with one attached hydrogen (secondary N) is 3. The monoisotopic (exact) mass is 536 g/mol. The van der Waals surface area contributed by atoms with E-state index in [2.05, 4.69) is 16.0 Å². The quantitative estimate of drug-likeness (QED) is 0.188. The summed E-state index contributed by atoms with van der Waals surface area (Å²) >= 11 is 0. The van der Waals surface area contributed by atoms with Gasteiger partial charge < -0.3 is 25.5 Å². The van der Waals surface area contributed by atoms with Gasteiger partial charge >= 0.3 is 0 Å². The molecule has 3 N–H and O–H groups in total. The molecule has 1 rings (SSSR count). The van der Waals surface area contributed by atoms with E-state index in [-0.39, 0.29) is 67.5 Å². The largest absolute Gasteiger partial charge is 0.375 e. The Bertz CT molecular complexity index is 888. The summed E-state index contributed by atoms with van der Waals surface area (Å²) in [6.07, 6.45) is 1.54. The molecule has 1 aliphatic heterocycles. The van der Waals surface area contributed by atoms with Gasteiger partial charge in [0.05, 0.1) is 11.6 Å². The van der Waals surface area contributed by atoms with Crippen molar-refractivity contribution in [2.24, 2.45) is 5.92 Å². The van der Waals surface area contributed by atoms with E-state index in [9.17, 15) is 28.8 Å². The summed E-state index contributed by atoms with van der Waals surface area (Å²) in [6, 6.07) is -1.38. The van der Waals surface area contributed by atoms with Crippen LogP contribution in [-0.4, -0.2) is 84.3 Å². The lowest BCUT2D eigenvalue weighted by atomic mass is 9.95. The van der Waals surface area contributed by atoms with Gasteiger partial charge in [0.2, 0.25) is 29.5 Å². The molecule has 0 radical (unpaired) electrons. The molecule has 2 atom stereocenters. The maximum Gasteiger partial charge on any atom is 0.243 e. The molecule has 0 spiro atoms. The molecule has 11 nitrogen and oxygen atoms in total. The SMILES string of the molecule is BC(=O)[C@H](C)NC(=O)C(NC(=O)CCC(C)(C)OCCC(C)(C)NC(=O)CCN1C(=O)CCC1=O)C(C)C. The van der Waals surface area contributed by atoms with Crippen molar-refractivity contribution in [1.29, 1.82) is 0 Å². The van der Waals surface area contributed by atoms with Crippen LogP contribution in [0.15, 0.2) is 0 Å². The minimum atomic E-state index is -0.751. The van der Waals surface area contributed by atoms with E-state index in [0.29, 0.717) is 19.4 Å². The molecule has 1 heterocycles. The van der Waals surface area contributed by atoms with Crippen molar-refractivity contribution >= 4 is 43.1 Å². The first-order valence-corrected chi connectivity index (χ1v) is 13.3. The number of likely N-dealkylation sites (tertiary alicyclic amines) is 1. The summed E-state index contributed by atoms with van der Waals surface area (Å²) < 4.78 is 6.00. The van der Waals surface area contributed by atoms with Gasteiger partial charge in [-0.2, -0.15) is 0 Å². The average molecular weight is 536 g/mol. The van der Waals surface area contributed by atoms with Gasteiger partial charge in [0.15, 0.2) is 7.85 Å². The zero-order valence-corrected chi connectivity index (χ0v) is 24.2. The van der Waals surface area contributed by atoms with E-state index in [1.807, 2.05) is 41.5 Å². The van der Waals surface area contributed by atoms with Crippen LogP contribution >= 0.6 is 0 Å². The summed E-state index contributed by atoms with van der Waals surface area (Å²) in [4.78, 5) is 73.4. The number of imide groups is 1. The molecule has 0 saturated carbocycles. The first-order chi connectivity index (χ1) is 17.4. The third-order valence-electron chi connectivity index (χ3n) is 6.60. The number of carbonyl (C=O) groups excluding carboxylic acids is 6. The van der Waals surface area contributed by atoms with Crippen LogP contribution in [0.5, 0.6) is 0 Å². The molecule has 1 unspecified atom stereocenters.